The van der Waals surface area contributed by atoms with Gasteiger partial charge in [0.05, 0.1) is 23.8 Å². The molecule has 79 valence electrons. The van der Waals surface area contributed by atoms with Crippen LogP contribution in [0.3, 0.4) is 0 Å². The van der Waals surface area contributed by atoms with Gasteiger partial charge in [-0.3, -0.25) is 4.98 Å². The molecule has 0 unspecified atom stereocenters. The summed E-state index contributed by atoms with van der Waals surface area (Å²) in [5, 5.41) is 0. The first kappa shape index (κ1) is 9.27. The fraction of sp³-hybridized carbons (Fsp3) is 0.250. The normalized spacial score (nSPS) is 14.6. The third-order valence-corrected chi connectivity index (χ3v) is 2.74. The molecule has 1 aliphatic rings. The highest BCUT2D eigenvalue weighted by atomic mass is 15.2. The van der Waals surface area contributed by atoms with Crippen molar-refractivity contribution in [1.29, 1.82) is 0 Å². The Morgan fingerprint density at radius 2 is 2.31 bits per heavy atom. The monoisotopic (exact) mass is 211 g/mol. The minimum Gasteiger partial charge on any atom is -0.323 e. The van der Waals surface area contributed by atoms with Gasteiger partial charge in [-0.2, -0.15) is 0 Å². The molecule has 0 bridgehead atoms. The van der Waals surface area contributed by atoms with Gasteiger partial charge in [-0.05, 0) is 25.0 Å². The van der Waals surface area contributed by atoms with E-state index in [1.54, 1.807) is 12.4 Å². The molecule has 0 aliphatic carbocycles. The molecule has 0 aromatic carbocycles. The van der Waals surface area contributed by atoms with E-state index in [-0.39, 0.29) is 0 Å². The van der Waals surface area contributed by atoms with E-state index in [0.29, 0.717) is 0 Å². The largest absolute Gasteiger partial charge is 0.323 e. The summed E-state index contributed by atoms with van der Waals surface area (Å²) in [5.41, 5.74) is 2.29. The minimum absolute atomic E-state index is 0.868. The molecule has 3 rings (SSSR count). The molecule has 1 aliphatic heterocycles. The van der Waals surface area contributed by atoms with Crippen LogP contribution in [0.15, 0.2) is 30.7 Å². The zero-order valence-corrected chi connectivity index (χ0v) is 8.80. The summed E-state index contributed by atoms with van der Waals surface area (Å²) in [6.45, 7) is 0.970. The lowest BCUT2D eigenvalue weighted by Crippen LogP contribution is -2.25. The third kappa shape index (κ3) is 1.52. The second-order valence-electron chi connectivity index (χ2n) is 3.73. The number of hydrogen-bond donors (Lipinski definition) is 0. The fourth-order valence-electron chi connectivity index (χ4n) is 2.03. The van der Waals surface area contributed by atoms with Gasteiger partial charge in [0.1, 0.15) is 6.20 Å². The van der Waals surface area contributed by atoms with Crippen molar-refractivity contribution in [3.05, 3.63) is 42.6 Å². The van der Waals surface area contributed by atoms with Crippen molar-refractivity contribution in [2.24, 2.45) is 0 Å². The van der Waals surface area contributed by atoms with Crippen molar-refractivity contribution in [2.45, 2.75) is 12.8 Å². The van der Waals surface area contributed by atoms with E-state index in [9.17, 15) is 0 Å². The molecule has 2 aromatic rings. The fourth-order valence-corrected chi connectivity index (χ4v) is 2.03. The first-order valence-electron chi connectivity index (χ1n) is 5.35. The molecule has 0 atom stereocenters. The standard InChI is InChI=1S/C12H11N4/c1-4-11-10(14-5-1)3-2-8-16(11)12-9-13-6-7-15-12/h1,4-5,7,9H,2-3,8H2. The predicted octanol–water partition coefficient (Wildman–Crippen LogP) is 1.76. The number of nitrogens with zero attached hydrogens (tertiary/aromatic N) is 4. The molecule has 0 N–H and O–H groups in total. The maximum absolute atomic E-state index is 4.40. The molecule has 1 radical (unpaired) electrons. The van der Waals surface area contributed by atoms with Crippen molar-refractivity contribution < 1.29 is 0 Å². The Morgan fingerprint density at radius 3 is 3.19 bits per heavy atom. The minimum atomic E-state index is 0.868. The van der Waals surface area contributed by atoms with Gasteiger partial charge in [-0.15, -0.1) is 0 Å². The molecule has 0 fully saturated rings. The van der Waals surface area contributed by atoms with Gasteiger partial charge >= 0.3 is 0 Å². The SMILES string of the molecule is [c]1cnc(N2CCCc3ncccc32)cn1. The Labute approximate surface area is 94.0 Å². The van der Waals surface area contributed by atoms with Crippen molar-refractivity contribution >= 4 is 11.5 Å². The molecular weight excluding hydrogens is 200 g/mol. The summed E-state index contributed by atoms with van der Waals surface area (Å²) >= 11 is 0. The van der Waals surface area contributed by atoms with Gasteiger partial charge < -0.3 is 4.90 Å². The van der Waals surface area contributed by atoms with Crippen LogP contribution in [0.1, 0.15) is 12.1 Å². The molecule has 0 amide bonds. The summed E-state index contributed by atoms with van der Waals surface area (Å²) in [5.74, 6) is 0.868. The number of rotatable bonds is 1. The van der Waals surface area contributed by atoms with Gasteiger partial charge in [0, 0.05) is 12.7 Å². The Kier molecular flexibility index (Phi) is 2.25. The van der Waals surface area contributed by atoms with E-state index in [4.69, 9.17) is 0 Å². The average molecular weight is 211 g/mol. The number of hydrogen-bond acceptors (Lipinski definition) is 4. The van der Waals surface area contributed by atoms with Gasteiger partial charge in [0.15, 0.2) is 5.82 Å². The molecule has 4 heteroatoms. The Morgan fingerprint density at radius 1 is 1.31 bits per heavy atom. The lowest BCUT2D eigenvalue weighted by molar-refractivity contribution is 0.737. The highest BCUT2D eigenvalue weighted by molar-refractivity contribution is 5.62. The van der Waals surface area contributed by atoms with Crippen molar-refractivity contribution in [2.75, 3.05) is 11.4 Å². The number of anilines is 2. The van der Waals surface area contributed by atoms with Crippen LogP contribution >= 0.6 is 0 Å². The second kappa shape index (κ2) is 3.89. The maximum atomic E-state index is 4.40. The molecule has 0 spiro atoms. The van der Waals surface area contributed by atoms with Gasteiger partial charge in [0.2, 0.25) is 0 Å². The van der Waals surface area contributed by atoms with E-state index in [1.165, 1.54) is 0 Å². The molecular formula is C12H11N4. The molecule has 16 heavy (non-hydrogen) atoms. The maximum Gasteiger partial charge on any atom is 0.151 e. The third-order valence-electron chi connectivity index (χ3n) is 2.74. The van der Waals surface area contributed by atoms with E-state index in [2.05, 4.69) is 32.1 Å². The molecule has 0 saturated heterocycles. The number of aryl methyl sites for hydroxylation is 1. The first-order chi connectivity index (χ1) is 7.95. The Balaban J connectivity index is 2.05. The summed E-state index contributed by atoms with van der Waals surface area (Å²) in [4.78, 5) is 14.8. The van der Waals surface area contributed by atoms with Gasteiger partial charge in [-0.1, -0.05) is 0 Å². The van der Waals surface area contributed by atoms with Gasteiger partial charge in [0.25, 0.3) is 0 Å². The van der Waals surface area contributed by atoms with Crippen LogP contribution in [0.5, 0.6) is 0 Å². The van der Waals surface area contributed by atoms with Crippen LogP contribution in [0.2, 0.25) is 0 Å². The summed E-state index contributed by atoms with van der Waals surface area (Å²) in [6.07, 6.45) is 10.0. The second-order valence-corrected chi connectivity index (χ2v) is 3.73. The van der Waals surface area contributed by atoms with Crippen molar-refractivity contribution in [3.8, 4) is 0 Å². The predicted molar refractivity (Wildman–Crippen MR) is 60.4 cm³/mol. The molecule has 2 aromatic heterocycles. The van der Waals surface area contributed by atoms with E-state index in [0.717, 1.165) is 36.6 Å². The number of aromatic nitrogens is 3. The quantitative estimate of drug-likeness (QED) is 0.720. The zero-order chi connectivity index (χ0) is 10.8. The lowest BCUT2D eigenvalue weighted by atomic mass is 10.1. The van der Waals surface area contributed by atoms with Crippen molar-refractivity contribution in [3.63, 3.8) is 0 Å². The number of fused-ring (bicyclic) bond motifs is 1. The van der Waals surface area contributed by atoms with Crippen LogP contribution in [0, 0.1) is 6.20 Å². The number of pyridine rings is 1. The Bertz CT molecular complexity index is 483. The summed E-state index contributed by atoms with van der Waals surface area (Å²) in [6, 6.07) is 4.04. The van der Waals surface area contributed by atoms with Gasteiger partial charge in [-0.25, -0.2) is 9.97 Å². The first-order valence-corrected chi connectivity index (χ1v) is 5.35. The van der Waals surface area contributed by atoms with Crippen LogP contribution in [-0.4, -0.2) is 21.5 Å². The smallest absolute Gasteiger partial charge is 0.151 e. The van der Waals surface area contributed by atoms with E-state index >= 15 is 0 Å². The molecule has 0 saturated carbocycles. The molecule has 4 nitrogen and oxygen atoms in total. The average Bonchev–Trinajstić information content (AvgIpc) is 2.39. The highest BCUT2D eigenvalue weighted by Crippen LogP contribution is 2.29. The van der Waals surface area contributed by atoms with Crippen molar-refractivity contribution in [1.82, 2.24) is 15.0 Å². The molecule has 3 heterocycles. The van der Waals surface area contributed by atoms with Crippen LogP contribution in [0.4, 0.5) is 11.5 Å². The zero-order valence-electron chi connectivity index (χ0n) is 8.80. The highest BCUT2D eigenvalue weighted by Gasteiger charge is 2.19. The summed E-state index contributed by atoms with van der Waals surface area (Å²) in [7, 11) is 0. The van der Waals surface area contributed by atoms with Crippen LogP contribution < -0.4 is 4.90 Å². The van der Waals surface area contributed by atoms with Crippen LogP contribution in [0.25, 0.3) is 0 Å². The topological polar surface area (TPSA) is 41.9 Å². The lowest BCUT2D eigenvalue weighted by Gasteiger charge is -2.28. The van der Waals surface area contributed by atoms with Crippen LogP contribution in [-0.2, 0) is 6.42 Å². The Hall–Kier alpha value is -1.97. The van der Waals surface area contributed by atoms with E-state index < -0.39 is 0 Å². The van der Waals surface area contributed by atoms with E-state index in [1.807, 2.05) is 12.3 Å². The summed E-state index contributed by atoms with van der Waals surface area (Å²) < 4.78 is 0.